The lowest BCUT2D eigenvalue weighted by atomic mass is 10.0. The minimum Gasteiger partial charge on any atom is -0.381 e. The summed E-state index contributed by atoms with van der Waals surface area (Å²) in [6, 6.07) is 0. The van der Waals surface area contributed by atoms with Gasteiger partial charge in [0.2, 0.25) is 0 Å². The molecule has 0 saturated carbocycles. The number of halogens is 1. The molecule has 84 valence electrons. The highest BCUT2D eigenvalue weighted by Gasteiger charge is 2.21. The Bertz CT molecular complexity index is 312. The van der Waals surface area contributed by atoms with Gasteiger partial charge in [-0.1, -0.05) is 22.9 Å². The van der Waals surface area contributed by atoms with Gasteiger partial charge in [-0.25, -0.2) is 0 Å². The van der Waals surface area contributed by atoms with Gasteiger partial charge in [0.15, 0.2) is 0 Å². The average molecular weight is 291 g/mol. The first-order valence-corrected chi connectivity index (χ1v) is 7.09. The maximum atomic E-state index is 5.34. The molecule has 0 radical (unpaired) electrons. The topological polar surface area (TPSA) is 35.0 Å². The van der Waals surface area contributed by atoms with Gasteiger partial charge in [-0.2, -0.15) is 0 Å². The van der Waals surface area contributed by atoms with Crippen LogP contribution in [-0.4, -0.2) is 23.4 Å². The van der Waals surface area contributed by atoms with Crippen molar-refractivity contribution in [2.24, 2.45) is 0 Å². The number of aromatic nitrogens is 2. The minimum absolute atomic E-state index is 0.364. The van der Waals surface area contributed by atoms with E-state index in [1.807, 2.05) is 0 Å². The molecule has 2 heterocycles. The Morgan fingerprint density at radius 3 is 2.87 bits per heavy atom. The van der Waals surface area contributed by atoms with E-state index in [4.69, 9.17) is 4.74 Å². The van der Waals surface area contributed by atoms with E-state index < -0.39 is 0 Å². The SMILES string of the molecule is CCC(Br)c1nnc(C2CCOCC2)s1. The van der Waals surface area contributed by atoms with Crippen LogP contribution in [0.25, 0.3) is 0 Å². The van der Waals surface area contributed by atoms with Crippen molar-refractivity contribution in [2.45, 2.75) is 36.9 Å². The van der Waals surface area contributed by atoms with Gasteiger partial charge >= 0.3 is 0 Å². The van der Waals surface area contributed by atoms with Crippen LogP contribution in [0.15, 0.2) is 0 Å². The molecule has 0 amide bonds. The average Bonchev–Trinajstić information content (AvgIpc) is 2.78. The largest absolute Gasteiger partial charge is 0.381 e. The van der Waals surface area contributed by atoms with E-state index in [0.29, 0.717) is 10.7 Å². The molecule has 1 aromatic rings. The molecule has 0 aliphatic carbocycles. The van der Waals surface area contributed by atoms with Crippen LogP contribution in [0, 0.1) is 0 Å². The molecule has 1 atom stereocenters. The molecule has 1 aromatic heterocycles. The van der Waals surface area contributed by atoms with Gasteiger partial charge in [0, 0.05) is 19.1 Å². The molecule has 15 heavy (non-hydrogen) atoms. The third-order valence-corrected chi connectivity index (χ3v) is 5.24. The Kier molecular flexibility index (Phi) is 4.11. The van der Waals surface area contributed by atoms with Crippen molar-refractivity contribution in [1.29, 1.82) is 0 Å². The summed E-state index contributed by atoms with van der Waals surface area (Å²) in [5.74, 6) is 0.571. The summed E-state index contributed by atoms with van der Waals surface area (Å²) in [5, 5.41) is 10.8. The highest BCUT2D eigenvalue weighted by Crippen LogP contribution is 2.34. The molecule has 5 heteroatoms. The minimum atomic E-state index is 0.364. The van der Waals surface area contributed by atoms with Gasteiger partial charge in [-0.05, 0) is 19.3 Å². The number of rotatable bonds is 3. The van der Waals surface area contributed by atoms with Crippen molar-refractivity contribution in [3.8, 4) is 0 Å². The van der Waals surface area contributed by atoms with Crippen LogP contribution in [0.5, 0.6) is 0 Å². The van der Waals surface area contributed by atoms with E-state index in [-0.39, 0.29) is 0 Å². The first-order valence-electron chi connectivity index (χ1n) is 5.36. The maximum absolute atomic E-state index is 5.34. The monoisotopic (exact) mass is 290 g/mol. The van der Waals surface area contributed by atoms with Crippen LogP contribution in [0.2, 0.25) is 0 Å². The van der Waals surface area contributed by atoms with E-state index in [2.05, 4.69) is 33.1 Å². The molecule has 3 nitrogen and oxygen atoms in total. The molecule has 0 N–H and O–H groups in total. The Hall–Kier alpha value is -0.0000000000000000555. The first kappa shape index (κ1) is 11.5. The predicted molar refractivity (Wildman–Crippen MR) is 64.7 cm³/mol. The third kappa shape index (κ3) is 2.77. The first-order chi connectivity index (χ1) is 7.31. The molecular weight excluding hydrogens is 276 g/mol. The zero-order chi connectivity index (χ0) is 10.7. The predicted octanol–water partition coefficient (Wildman–Crippen LogP) is 3.28. The van der Waals surface area contributed by atoms with Crippen LogP contribution in [0.1, 0.15) is 46.9 Å². The molecule has 1 fully saturated rings. The fraction of sp³-hybridized carbons (Fsp3) is 0.800. The Labute approximate surface area is 102 Å². The molecule has 0 spiro atoms. The molecule has 0 aromatic carbocycles. The van der Waals surface area contributed by atoms with Crippen molar-refractivity contribution in [2.75, 3.05) is 13.2 Å². The molecule has 1 unspecified atom stereocenters. The lowest BCUT2D eigenvalue weighted by Gasteiger charge is -2.19. The number of alkyl halides is 1. The van der Waals surface area contributed by atoms with Crippen molar-refractivity contribution >= 4 is 27.3 Å². The summed E-state index contributed by atoms with van der Waals surface area (Å²) < 4.78 is 5.34. The quantitative estimate of drug-likeness (QED) is 0.802. The fourth-order valence-corrected chi connectivity index (χ4v) is 3.10. The third-order valence-electron chi connectivity index (χ3n) is 2.65. The zero-order valence-electron chi connectivity index (χ0n) is 8.78. The van der Waals surface area contributed by atoms with Crippen LogP contribution >= 0.6 is 27.3 Å². The van der Waals surface area contributed by atoms with Gasteiger partial charge in [-0.3, -0.25) is 0 Å². The van der Waals surface area contributed by atoms with Gasteiger partial charge in [0.05, 0.1) is 4.83 Å². The second kappa shape index (κ2) is 5.37. The van der Waals surface area contributed by atoms with Gasteiger partial charge in [0.1, 0.15) is 10.0 Å². The van der Waals surface area contributed by atoms with Crippen molar-refractivity contribution in [3.63, 3.8) is 0 Å². The van der Waals surface area contributed by atoms with Gasteiger partial charge in [0.25, 0.3) is 0 Å². The van der Waals surface area contributed by atoms with E-state index in [1.54, 1.807) is 11.3 Å². The smallest absolute Gasteiger partial charge is 0.131 e. The summed E-state index contributed by atoms with van der Waals surface area (Å²) in [6.45, 7) is 3.88. The van der Waals surface area contributed by atoms with Crippen LogP contribution in [-0.2, 0) is 4.74 Å². The van der Waals surface area contributed by atoms with Gasteiger partial charge in [-0.15, -0.1) is 21.5 Å². The number of nitrogens with zero attached hydrogens (tertiary/aromatic N) is 2. The summed E-state index contributed by atoms with van der Waals surface area (Å²) in [5.41, 5.74) is 0. The summed E-state index contributed by atoms with van der Waals surface area (Å²) in [4.78, 5) is 0.364. The molecule has 1 aliphatic heterocycles. The van der Waals surface area contributed by atoms with E-state index in [1.165, 1.54) is 5.01 Å². The molecule has 0 bridgehead atoms. The fourth-order valence-electron chi connectivity index (χ4n) is 1.66. The van der Waals surface area contributed by atoms with E-state index in [0.717, 1.165) is 37.5 Å². The summed E-state index contributed by atoms with van der Waals surface area (Å²) in [7, 11) is 0. The van der Waals surface area contributed by atoms with Crippen LogP contribution in [0.3, 0.4) is 0 Å². The number of ether oxygens (including phenoxy) is 1. The normalized spacial score (nSPS) is 20.4. The second-order valence-corrected chi connectivity index (χ2v) is 5.89. The van der Waals surface area contributed by atoms with E-state index >= 15 is 0 Å². The lowest BCUT2D eigenvalue weighted by Crippen LogP contribution is -2.13. The number of hydrogen-bond acceptors (Lipinski definition) is 4. The molecule has 1 saturated heterocycles. The number of hydrogen-bond donors (Lipinski definition) is 0. The second-order valence-electron chi connectivity index (χ2n) is 3.74. The molecule has 2 rings (SSSR count). The Morgan fingerprint density at radius 2 is 2.20 bits per heavy atom. The standard InChI is InChI=1S/C10H15BrN2OS/c1-2-8(11)10-13-12-9(15-10)7-3-5-14-6-4-7/h7-8H,2-6H2,1H3. The van der Waals surface area contributed by atoms with Crippen LogP contribution < -0.4 is 0 Å². The van der Waals surface area contributed by atoms with Gasteiger partial charge < -0.3 is 4.74 Å². The summed E-state index contributed by atoms with van der Waals surface area (Å²) in [6.07, 6.45) is 3.24. The maximum Gasteiger partial charge on any atom is 0.131 e. The Balaban J connectivity index is 2.05. The summed E-state index contributed by atoms with van der Waals surface area (Å²) >= 11 is 5.35. The highest BCUT2D eigenvalue weighted by atomic mass is 79.9. The van der Waals surface area contributed by atoms with E-state index in [9.17, 15) is 0 Å². The van der Waals surface area contributed by atoms with Crippen molar-refractivity contribution < 1.29 is 4.74 Å². The van der Waals surface area contributed by atoms with Crippen molar-refractivity contribution in [1.82, 2.24) is 10.2 Å². The van der Waals surface area contributed by atoms with Crippen LogP contribution in [0.4, 0.5) is 0 Å². The zero-order valence-corrected chi connectivity index (χ0v) is 11.2. The highest BCUT2D eigenvalue weighted by molar-refractivity contribution is 9.09. The molecular formula is C10H15BrN2OS. The molecule has 1 aliphatic rings. The van der Waals surface area contributed by atoms with Crippen molar-refractivity contribution in [3.05, 3.63) is 10.0 Å². The lowest BCUT2D eigenvalue weighted by molar-refractivity contribution is 0.0851. The Morgan fingerprint density at radius 1 is 1.47 bits per heavy atom.